The van der Waals surface area contributed by atoms with Crippen LogP contribution in [0.5, 0.6) is 11.6 Å². The van der Waals surface area contributed by atoms with Gasteiger partial charge in [-0.05, 0) is 37.3 Å². The minimum Gasteiger partial charge on any atom is -0.491 e. The highest BCUT2D eigenvalue weighted by atomic mass is 32.2. The maximum Gasteiger partial charge on any atom is 0.269 e. The zero-order valence-corrected chi connectivity index (χ0v) is 23.7. The number of hydrogen-bond acceptors (Lipinski definition) is 9. The first-order chi connectivity index (χ1) is 19.4. The van der Waals surface area contributed by atoms with E-state index >= 15 is 0 Å². The number of hydrogen-bond donors (Lipinski definition) is 0. The fourth-order valence-electron chi connectivity index (χ4n) is 5.56. The van der Waals surface area contributed by atoms with Crippen LogP contribution in [0.15, 0.2) is 59.6 Å². The summed E-state index contributed by atoms with van der Waals surface area (Å²) >= 11 is 0. The highest BCUT2D eigenvalue weighted by Crippen LogP contribution is 2.45. The van der Waals surface area contributed by atoms with Crippen LogP contribution >= 0.6 is 0 Å². The number of pyridine rings is 2. The number of methoxy groups -OCH3 is 2. The van der Waals surface area contributed by atoms with Crippen LogP contribution in [-0.4, -0.2) is 87.4 Å². The highest BCUT2D eigenvalue weighted by molar-refractivity contribution is 7.90. The number of benzene rings is 1. The van der Waals surface area contributed by atoms with Gasteiger partial charge in [-0.25, -0.2) is 22.4 Å². The van der Waals surface area contributed by atoms with Crippen LogP contribution in [-0.2, 0) is 14.8 Å². The molecule has 0 saturated carbocycles. The molecule has 0 spiro atoms. The van der Waals surface area contributed by atoms with Crippen LogP contribution < -0.4 is 14.4 Å². The Morgan fingerprint density at radius 2 is 1.80 bits per heavy atom. The average Bonchev–Trinajstić information content (AvgIpc) is 3.54. The molecule has 1 saturated heterocycles. The second-order valence-corrected chi connectivity index (χ2v) is 11.9. The monoisotopic (exact) mass is 563 g/mol. The van der Waals surface area contributed by atoms with E-state index in [9.17, 15) is 8.42 Å². The van der Waals surface area contributed by atoms with E-state index in [1.807, 2.05) is 43.3 Å². The molecule has 3 aromatic heterocycles. The van der Waals surface area contributed by atoms with Crippen molar-refractivity contribution in [2.75, 3.05) is 65.1 Å². The SMILES string of the molecule is COc1cc2c(nc1OC)C(c1cc3cccnc3n1S(=O)(=O)c1ccc(C)cc1)CN2CCN1CCOCC1. The van der Waals surface area contributed by atoms with Gasteiger partial charge in [0.15, 0.2) is 11.4 Å². The highest BCUT2D eigenvalue weighted by Gasteiger charge is 2.38. The largest absolute Gasteiger partial charge is 0.491 e. The molecule has 6 rings (SSSR count). The van der Waals surface area contributed by atoms with E-state index in [-0.39, 0.29) is 10.8 Å². The first kappa shape index (κ1) is 26.5. The Balaban J connectivity index is 1.48. The molecule has 0 amide bonds. The molecule has 11 heteroatoms. The molecular formula is C29H33N5O5S. The molecule has 0 aliphatic carbocycles. The Kier molecular flexibility index (Phi) is 7.11. The molecule has 1 fully saturated rings. The lowest BCUT2D eigenvalue weighted by Crippen LogP contribution is -2.41. The smallest absolute Gasteiger partial charge is 0.269 e. The van der Waals surface area contributed by atoms with Gasteiger partial charge in [-0.1, -0.05) is 17.7 Å². The Hall–Kier alpha value is -3.67. The van der Waals surface area contributed by atoms with Crippen LogP contribution in [0.1, 0.15) is 22.9 Å². The van der Waals surface area contributed by atoms with Crippen LogP contribution in [0.2, 0.25) is 0 Å². The normalized spacial score (nSPS) is 17.8. The summed E-state index contributed by atoms with van der Waals surface area (Å²) in [7, 11) is -0.808. The lowest BCUT2D eigenvalue weighted by Gasteiger charge is -2.29. The summed E-state index contributed by atoms with van der Waals surface area (Å²) in [6, 6.07) is 14.5. The van der Waals surface area contributed by atoms with Crippen molar-refractivity contribution in [3.63, 3.8) is 0 Å². The third-order valence-corrected chi connectivity index (χ3v) is 9.44. The predicted octanol–water partition coefficient (Wildman–Crippen LogP) is 3.28. The fourth-order valence-corrected chi connectivity index (χ4v) is 7.09. The second-order valence-electron chi connectivity index (χ2n) is 10.1. The third kappa shape index (κ3) is 4.67. The zero-order chi connectivity index (χ0) is 27.9. The average molecular weight is 564 g/mol. The molecule has 10 nitrogen and oxygen atoms in total. The fraction of sp³-hybridized carbons (Fsp3) is 0.379. The molecule has 0 radical (unpaired) electrons. The van der Waals surface area contributed by atoms with Gasteiger partial charge in [-0.15, -0.1) is 0 Å². The number of anilines is 1. The molecule has 40 heavy (non-hydrogen) atoms. The molecule has 1 atom stereocenters. The quantitative estimate of drug-likeness (QED) is 0.320. The van der Waals surface area contributed by atoms with E-state index in [2.05, 4.69) is 14.8 Å². The van der Waals surface area contributed by atoms with E-state index in [1.54, 1.807) is 32.5 Å². The van der Waals surface area contributed by atoms with Gasteiger partial charge in [0.1, 0.15) is 0 Å². The number of fused-ring (bicyclic) bond motifs is 2. The summed E-state index contributed by atoms with van der Waals surface area (Å²) in [5.74, 6) is 0.560. The maximum absolute atomic E-state index is 14.2. The number of aryl methyl sites for hydroxylation is 1. The van der Waals surface area contributed by atoms with Gasteiger partial charge in [0.2, 0.25) is 0 Å². The van der Waals surface area contributed by atoms with Crippen LogP contribution in [0, 0.1) is 6.92 Å². The van der Waals surface area contributed by atoms with E-state index in [0.29, 0.717) is 29.5 Å². The van der Waals surface area contributed by atoms with E-state index < -0.39 is 10.0 Å². The summed E-state index contributed by atoms with van der Waals surface area (Å²) in [5, 5.41) is 0.752. The molecule has 0 bridgehead atoms. The lowest BCUT2D eigenvalue weighted by atomic mass is 10.0. The number of aromatic nitrogens is 3. The molecular weight excluding hydrogens is 530 g/mol. The summed E-state index contributed by atoms with van der Waals surface area (Å²) in [6.45, 7) is 7.35. The number of morpholine rings is 1. The Morgan fingerprint density at radius 1 is 1.02 bits per heavy atom. The standard InChI is InChI=1S/C29H33N5O5S/c1-20-6-8-22(9-7-20)40(35,36)34-24(17-21-5-4-10-30-28(21)34)23-19-33(12-11-32-13-15-39-16-14-32)25-18-26(37-2)29(38-3)31-27(23)25/h4-10,17-18,23H,11-16,19H2,1-3H3. The first-order valence-electron chi connectivity index (χ1n) is 13.4. The summed E-state index contributed by atoms with van der Waals surface area (Å²) < 4.78 is 46.4. The minimum atomic E-state index is -3.96. The number of ether oxygens (including phenoxy) is 3. The molecule has 5 heterocycles. The van der Waals surface area contributed by atoms with Crippen LogP contribution in [0.3, 0.4) is 0 Å². The molecule has 210 valence electrons. The zero-order valence-electron chi connectivity index (χ0n) is 22.9. The van der Waals surface area contributed by atoms with Crippen molar-refractivity contribution in [3.8, 4) is 11.6 Å². The van der Waals surface area contributed by atoms with Crippen molar-refractivity contribution in [1.82, 2.24) is 18.8 Å². The lowest BCUT2D eigenvalue weighted by molar-refractivity contribution is 0.0392. The van der Waals surface area contributed by atoms with Gasteiger partial charge in [-0.2, -0.15) is 0 Å². The minimum absolute atomic E-state index is 0.213. The number of rotatable bonds is 8. The van der Waals surface area contributed by atoms with Crippen LogP contribution in [0.4, 0.5) is 5.69 Å². The Bertz CT molecular complexity index is 1630. The first-order valence-corrected chi connectivity index (χ1v) is 14.8. The van der Waals surface area contributed by atoms with E-state index in [0.717, 1.165) is 61.7 Å². The number of nitrogens with zero attached hydrogens (tertiary/aromatic N) is 5. The van der Waals surface area contributed by atoms with Gasteiger partial charge in [0.05, 0.1) is 49.6 Å². The van der Waals surface area contributed by atoms with E-state index in [4.69, 9.17) is 19.2 Å². The van der Waals surface area contributed by atoms with Gasteiger partial charge in [0.25, 0.3) is 15.9 Å². The van der Waals surface area contributed by atoms with Crippen molar-refractivity contribution in [2.24, 2.45) is 0 Å². The second kappa shape index (κ2) is 10.7. The molecule has 2 aliphatic rings. The van der Waals surface area contributed by atoms with Crippen LogP contribution in [0.25, 0.3) is 11.0 Å². The van der Waals surface area contributed by atoms with Gasteiger partial charge in [-0.3, -0.25) is 4.90 Å². The predicted molar refractivity (Wildman–Crippen MR) is 152 cm³/mol. The van der Waals surface area contributed by atoms with Crippen molar-refractivity contribution in [1.29, 1.82) is 0 Å². The topological polar surface area (TPSA) is 99.0 Å². The third-order valence-electron chi connectivity index (χ3n) is 7.70. The Morgan fingerprint density at radius 3 is 2.52 bits per heavy atom. The summed E-state index contributed by atoms with van der Waals surface area (Å²) in [5.41, 5.74) is 3.66. The van der Waals surface area contributed by atoms with Gasteiger partial charge in [0, 0.05) is 56.1 Å². The summed E-state index contributed by atoms with van der Waals surface area (Å²) in [4.78, 5) is 14.2. The molecule has 0 N–H and O–H groups in total. The molecule has 1 aromatic carbocycles. The van der Waals surface area contributed by atoms with E-state index in [1.165, 1.54) is 3.97 Å². The van der Waals surface area contributed by atoms with Crippen molar-refractivity contribution in [3.05, 3.63) is 71.7 Å². The van der Waals surface area contributed by atoms with Crippen molar-refractivity contribution < 1.29 is 22.6 Å². The summed E-state index contributed by atoms with van der Waals surface area (Å²) in [6.07, 6.45) is 1.62. The van der Waals surface area contributed by atoms with Crippen molar-refractivity contribution in [2.45, 2.75) is 17.7 Å². The molecule has 2 aliphatic heterocycles. The van der Waals surface area contributed by atoms with Gasteiger partial charge < -0.3 is 19.1 Å². The molecule has 1 unspecified atom stereocenters. The van der Waals surface area contributed by atoms with Gasteiger partial charge >= 0.3 is 0 Å². The Labute approximate surface area is 234 Å². The molecule has 4 aromatic rings. The van der Waals surface area contributed by atoms with Crippen molar-refractivity contribution >= 4 is 26.7 Å². The maximum atomic E-state index is 14.2.